The molecular formula is C20H19ClN8O2. The van der Waals surface area contributed by atoms with Crippen molar-refractivity contribution < 1.29 is 9.25 Å². The topological polar surface area (TPSA) is 123 Å². The summed E-state index contributed by atoms with van der Waals surface area (Å²) >= 11 is 6.28. The van der Waals surface area contributed by atoms with Crippen LogP contribution in [0.15, 0.2) is 47.2 Å². The third-order valence-corrected chi connectivity index (χ3v) is 5.28. The van der Waals surface area contributed by atoms with Crippen LogP contribution in [0.3, 0.4) is 0 Å². The van der Waals surface area contributed by atoms with E-state index in [0.717, 1.165) is 29.8 Å². The third-order valence-electron chi connectivity index (χ3n) is 5.08. The van der Waals surface area contributed by atoms with E-state index in [1.165, 1.54) is 12.4 Å². The Kier molecular flexibility index (Phi) is 4.91. The fourth-order valence-electron chi connectivity index (χ4n) is 3.70. The number of nitrogens with zero attached hydrogens (tertiary/aromatic N) is 6. The number of H-pyrrole nitrogens is 1. The number of aryl methyl sites for hydroxylation is 1. The predicted octanol–water partition coefficient (Wildman–Crippen LogP) is 3.54. The Bertz CT molecular complexity index is 1220. The number of halogens is 1. The monoisotopic (exact) mass is 438 g/mol. The molecule has 1 saturated heterocycles. The van der Waals surface area contributed by atoms with Crippen molar-refractivity contribution in [3.63, 3.8) is 0 Å². The van der Waals surface area contributed by atoms with Gasteiger partial charge in [-0.05, 0) is 25.8 Å². The first-order valence-corrected chi connectivity index (χ1v) is 10.2. The third kappa shape index (κ3) is 4.02. The molecule has 0 radical (unpaired) electrons. The second-order valence-corrected chi connectivity index (χ2v) is 7.74. The Morgan fingerprint density at radius 2 is 2.19 bits per heavy atom. The summed E-state index contributed by atoms with van der Waals surface area (Å²) in [6.07, 6.45) is 4.70. The van der Waals surface area contributed by atoms with Crippen molar-refractivity contribution in [2.24, 2.45) is 0 Å². The lowest BCUT2D eigenvalue weighted by atomic mass is 10.1. The Morgan fingerprint density at radius 3 is 3.00 bits per heavy atom. The number of pyridine rings is 1. The minimum atomic E-state index is -0.0803. The van der Waals surface area contributed by atoms with Gasteiger partial charge in [0.2, 0.25) is 5.95 Å². The maximum Gasteiger partial charge on any atom is 0.229 e. The maximum absolute atomic E-state index is 11.6. The Balaban J connectivity index is 1.42. The van der Waals surface area contributed by atoms with Gasteiger partial charge in [0, 0.05) is 36.5 Å². The first-order valence-electron chi connectivity index (χ1n) is 9.81. The van der Waals surface area contributed by atoms with Crippen LogP contribution in [-0.4, -0.2) is 31.9 Å². The quantitative estimate of drug-likeness (QED) is 0.275. The summed E-state index contributed by atoms with van der Waals surface area (Å²) in [6, 6.07) is 8.79. The summed E-state index contributed by atoms with van der Waals surface area (Å²) in [5.41, 5.74) is 2.23. The van der Waals surface area contributed by atoms with Crippen molar-refractivity contribution >= 4 is 29.2 Å². The van der Waals surface area contributed by atoms with Crippen molar-refractivity contribution in [3.8, 4) is 11.3 Å². The smallest absolute Gasteiger partial charge is 0.229 e. The molecule has 31 heavy (non-hydrogen) atoms. The fraction of sp³-hybridized carbons (Fsp3) is 0.250. The molecule has 0 spiro atoms. The molecule has 1 fully saturated rings. The molecule has 0 saturated carbocycles. The highest BCUT2D eigenvalue weighted by Crippen LogP contribution is 2.36. The van der Waals surface area contributed by atoms with Gasteiger partial charge in [-0.1, -0.05) is 16.8 Å². The van der Waals surface area contributed by atoms with Crippen LogP contribution in [0.2, 0.25) is 5.15 Å². The van der Waals surface area contributed by atoms with Gasteiger partial charge in [0.05, 0.1) is 11.6 Å². The molecule has 2 N–H and O–H groups in total. The van der Waals surface area contributed by atoms with Crippen LogP contribution in [0.5, 0.6) is 0 Å². The second kappa shape index (κ2) is 7.88. The molecule has 5 heterocycles. The van der Waals surface area contributed by atoms with E-state index in [1.807, 2.05) is 25.1 Å². The van der Waals surface area contributed by atoms with Gasteiger partial charge in [0.1, 0.15) is 16.7 Å². The predicted molar refractivity (Wildman–Crippen MR) is 114 cm³/mol. The molecule has 0 bridgehead atoms. The molecule has 4 aromatic rings. The normalized spacial score (nSPS) is 16.1. The van der Waals surface area contributed by atoms with Gasteiger partial charge in [-0.25, -0.2) is 4.98 Å². The van der Waals surface area contributed by atoms with Crippen LogP contribution >= 0.6 is 11.6 Å². The Morgan fingerprint density at radius 1 is 1.29 bits per heavy atom. The molecule has 4 aromatic heterocycles. The first-order chi connectivity index (χ1) is 15.0. The van der Waals surface area contributed by atoms with Gasteiger partial charge >= 0.3 is 0 Å². The van der Waals surface area contributed by atoms with Crippen molar-refractivity contribution in [3.05, 3.63) is 64.5 Å². The van der Waals surface area contributed by atoms with Crippen LogP contribution < -0.4 is 14.9 Å². The van der Waals surface area contributed by atoms with Gasteiger partial charge in [0.15, 0.2) is 24.0 Å². The number of nitrogens with one attached hydrogen (secondary N) is 2. The number of aromatic amines is 1. The van der Waals surface area contributed by atoms with E-state index < -0.39 is 0 Å². The molecule has 0 aromatic carbocycles. The lowest BCUT2D eigenvalue weighted by Crippen LogP contribution is -2.24. The summed E-state index contributed by atoms with van der Waals surface area (Å²) in [6.45, 7) is 2.68. The second-order valence-electron chi connectivity index (χ2n) is 7.36. The molecule has 0 amide bonds. The van der Waals surface area contributed by atoms with Crippen LogP contribution in [0, 0.1) is 12.1 Å². The minimum absolute atomic E-state index is 0.0803. The SMILES string of the molecule is Cc1cc(Nc2cc(Cl)nc(N3CCC[C@H]3c3cc(-c4ccc[n+]([O-])c4)no3)n2)n[nH]1. The molecular weight excluding hydrogens is 420 g/mol. The molecule has 1 atom stereocenters. The summed E-state index contributed by atoms with van der Waals surface area (Å²) < 4.78 is 6.37. The van der Waals surface area contributed by atoms with E-state index in [0.29, 0.717) is 39.8 Å². The molecule has 5 rings (SSSR count). The van der Waals surface area contributed by atoms with Crippen molar-refractivity contribution in [1.29, 1.82) is 0 Å². The zero-order valence-electron chi connectivity index (χ0n) is 16.6. The summed E-state index contributed by atoms with van der Waals surface area (Å²) in [4.78, 5) is 11.1. The molecule has 11 heteroatoms. The number of anilines is 3. The van der Waals surface area contributed by atoms with E-state index in [9.17, 15) is 5.21 Å². The van der Waals surface area contributed by atoms with Crippen LogP contribution in [0.4, 0.5) is 17.6 Å². The van der Waals surface area contributed by atoms with Crippen LogP contribution in [-0.2, 0) is 0 Å². The average Bonchev–Trinajstić information content (AvgIpc) is 3.48. The number of hydrogen-bond donors (Lipinski definition) is 2. The lowest BCUT2D eigenvalue weighted by molar-refractivity contribution is -0.604. The minimum Gasteiger partial charge on any atom is -0.619 e. The Hall–Kier alpha value is -3.66. The van der Waals surface area contributed by atoms with Gasteiger partial charge in [-0.3, -0.25) is 5.10 Å². The van der Waals surface area contributed by atoms with Crippen LogP contribution in [0.25, 0.3) is 11.3 Å². The lowest BCUT2D eigenvalue weighted by Gasteiger charge is -2.23. The highest BCUT2D eigenvalue weighted by molar-refractivity contribution is 6.29. The fourth-order valence-corrected chi connectivity index (χ4v) is 3.88. The van der Waals surface area contributed by atoms with Crippen LogP contribution in [0.1, 0.15) is 30.3 Å². The summed E-state index contributed by atoms with van der Waals surface area (Å²) in [7, 11) is 0. The number of hydrogen-bond acceptors (Lipinski definition) is 8. The van der Waals surface area contributed by atoms with E-state index >= 15 is 0 Å². The number of aromatic nitrogens is 6. The van der Waals surface area contributed by atoms with Gasteiger partial charge in [-0.2, -0.15) is 14.8 Å². The molecule has 1 aliphatic heterocycles. The van der Waals surface area contributed by atoms with E-state index in [1.54, 1.807) is 12.1 Å². The molecule has 0 aliphatic carbocycles. The van der Waals surface area contributed by atoms with Crippen molar-refractivity contribution in [1.82, 2.24) is 25.3 Å². The standard InChI is InChI=1S/C20H19ClN8O2/c1-12-8-19(26-25-12)23-18-10-17(21)22-20(24-18)29-7-3-5-15(29)16-9-14(27-31-16)13-4-2-6-28(30)11-13/h2,4,6,8-11,15H,3,5,7H2,1H3,(H2,22,23,24,25,26)/t15-/m0/s1. The Labute approximate surface area is 182 Å². The molecule has 0 unspecified atom stereocenters. The molecule has 10 nitrogen and oxygen atoms in total. The maximum atomic E-state index is 11.6. The van der Waals surface area contributed by atoms with Crippen molar-refractivity contribution in [2.75, 3.05) is 16.8 Å². The van der Waals surface area contributed by atoms with Gasteiger partial charge in [-0.15, -0.1) is 0 Å². The van der Waals surface area contributed by atoms with E-state index in [2.05, 4.69) is 35.5 Å². The average molecular weight is 439 g/mol. The van der Waals surface area contributed by atoms with Gasteiger partial charge < -0.3 is 19.9 Å². The van der Waals surface area contributed by atoms with E-state index in [-0.39, 0.29) is 6.04 Å². The zero-order valence-corrected chi connectivity index (χ0v) is 17.4. The first kappa shape index (κ1) is 19.3. The van der Waals surface area contributed by atoms with Crippen molar-refractivity contribution in [2.45, 2.75) is 25.8 Å². The molecule has 158 valence electrons. The largest absolute Gasteiger partial charge is 0.619 e. The molecule has 1 aliphatic rings. The highest BCUT2D eigenvalue weighted by atomic mass is 35.5. The zero-order chi connectivity index (χ0) is 21.4. The van der Waals surface area contributed by atoms with Gasteiger partial charge in [0.25, 0.3) is 0 Å². The summed E-state index contributed by atoms with van der Waals surface area (Å²) in [5.74, 6) is 2.39. The summed E-state index contributed by atoms with van der Waals surface area (Å²) in [5, 5.41) is 26.2. The van der Waals surface area contributed by atoms with E-state index in [4.69, 9.17) is 16.1 Å². The highest BCUT2D eigenvalue weighted by Gasteiger charge is 2.32. The number of rotatable bonds is 5.